The molecule has 108 valence electrons. The standard InChI is InChI=1S/C15H20N2O3/c1-2-15(20)17-13(10-18)9-12-5-3-11(4-6-12)7-8-14(16)19/h3-6,10,13H,2,7-9H2,1H3,(H2,16,19)(H,17,20). The molecule has 0 aromatic heterocycles. The number of hydrogen-bond acceptors (Lipinski definition) is 3. The van der Waals surface area contributed by atoms with Crippen LogP contribution in [-0.4, -0.2) is 24.1 Å². The molecule has 1 rings (SSSR count). The molecule has 0 radical (unpaired) electrons. The highest BCUT2D eigenvalue weighted by atomic mass is 16.2. The Labute approximate surface area is 118 Å². The number of carbonyl (C=O) groups is 3. The van der Waals surface area contributed by atoms with Crippen molar-refractivity contribution in [1.29, 1.82) is 0 Å². The molecule has 2 amide bonds. The van der Waals surface area contributed by atoms with Crippen LogP contribution in [0.4, 0.5) is 0 Å². The lowest BCUT2D eigenvalue weighted by Crippen LogP contribution is -2.37. The van der Waals surface area contributed by atoms with Gasteiger partial charge in [0.1, 0.15) is 6.29 Å². The van der Waals surface area contributed by atoms with Crippen molar-refractivity contribution in [3.05, 3.63) is 35.4 Å². The van der Waals surface area contributed by atoms with Gasteiger partial charge in [0, 0.05) is 12.8 Å². The predicted molar refractivity (Wildman–Crippen MR) is 75.9 cm³/mol. The van der Waals surface area contributed by atoms with Crippen LogP contribution in [0.1, 0.15) is 30.9 Å². The molecule has 1 unspecified atom stereocenters. The number of amides is 2. The van der Waals surface area contributed by atoms with Gasteiger partial charge in [-0.25, -0.2) is 0 Å². The molecule has 1 atom stereocenters. The molecule has 0 saturated carbocycles. The molecule has 0 aliphatic heterocycles. The highest BCUT2D eigenvalue weighted by Crippen LogP contribution is 2.08. The fraction of sp³-hybridized carbons (Fsp3) is 0.400. The average molecular weight is 276 g/mol. The largest absolute Gasteiger partial charge is 0.370 e. The van der Waals surface area contributed by atoms with Crippen molar-refractivity contribution in [2.24, 2.45) is 5.73 Å². The van der Waals surface area contributed by atoms with E-state index in [9.17, 15) is 14.4 Å². The summed E-state index contributed by atoms with van der Waals surface area (Å²) in [5.41, 5.74) is 7.08. The zero-order valence-electron chi connectivity index (χ0n) is 11.6. The van der Waals surface area contributed by atoms with E-state index in [1.807, 2.05) is 24.3 Å². The van der Waals surface area contributed by atoms with Gasteiger partial charge in [0.05, 0.1) is 6.04 Å². The van der Waals surface area contributed by atoms with Gasteiger partial charge in [-0.3, -0.25) is 9.59 Å². The van der Waals surface area contributed by atoms with Crippen molar-refractivity contribution in [3.63, 3.8) is 0 Å². The number of hydrogen-bond donors (Lipinski definition) is 2. The van der Waals surface area contributed by atoms with Crippen LogP contribution in [0.3, 0.4) is 0 Å². The monoisotopic (exact) mass is 276 g/mol. The molecule has 1 aromatic carbocycles. The summed E-state index contributed by atoms with van der Waals surface area (Å²) >= 11 is 0. The smallest absolute Gasteiger partial charge is 0.220 e. The van der Waals surface area contributed by atoms with Gasteiger partial charge >= 0.3 is 0 Å². The summed E-state index contributed by atoms with van der Waals surface area (Å²) in [6, 6.07) is 7.10. The topological polar surface area (TPSA) is 89.3 Å². The van der Waals surface area contributed by atoms with Crippen molar-refractivity contribution in [3.8, 4) is 0 Å². The summed E-state index contributed by atoms with van der Waals surface area (Å²) in [4.78, 5) is 32.9. The first-order valence-corrected chi connectivity index (χ1v) is 6.66. The lowest BCUT2D eigenvalue weighted by atomic mass is 10.0. The minimum atomic E-state index is -0.501. The van der Waals surface area contributed by atoms with E-state index < -0.39 is 6.04 Å². The summed E-state index contributed by atoms with van der Waals surface area (Å²) < 4.78 is 0. The molecule has 0 aliphatic rings. The number of aryl methyl sites for hydroxylation is 1. The van der Waals surface area contributed by atoms with Gasteiger partial charge < -0.3 is 15.8 Å². The number of nitrogens with one attached hydrogen (secondary N) is 1. The lowest BCUT2D eigenvalue weighted by molar-refractivity contribution is -0.123. The summed E-state index contributed by atoms with van der Waals surface area (Å²) in [6.07, 6.45) is 2.50. The number of rotatable bonds is 8. The van der Waals surface area contributed by atoms with Crippen molar-refractivity contribution < 1.29 is 14.4 Å². The zero-order valence-corrected chi connectivity index (χ0v) is 11.6. The molecule has 0 heterocycles. The Kier molecular flexibility index (Phi) is 6.43. The molecule has 5 nitrogen and oxygen atoms in total. The summed E-state index contributed by atoms with van der Waals surface area (Å²) in [5, 5.41) is 2.65. The highest BCUT2D eigenvalue weighted by Gasteiger charge is 2.10. The van der Waals surface area contributed by atoms with E-state index in [2.05, 4.69) is 5.32 Å². The second kappa shape index (κ2) is 8.09. The van der Waals surface area contributed by atoms with Crippen LogP contribution in [0.2, 0.25) is 0 Å². The maximum atomic E-state index is 11.3. The van der Waals surface area contributed by atoms with Gasteiger partial charge in [-0.2, -0.15) is 0 Å². The molecule has 5 heteroatoms. The Hall–Kier alpha value is -2.17. The van der Waals surface area contributed by atoms with Gasteiger partial charge in [-0.1, -0.05) is 31.2 Å². The fourth-order valence-electron chi connectivity index (χ4n) is 1.81. The van der Waals surface area contributed by atoms with Crippen LogP contribution in [0.5, 0.6) is 0 Å². The maximum Gasteiger partial charge on any atom is 0.220 e. The van der Waals surface area contributed by atoms with E-state index >= 15 is 0 Å². The van der Waals surface area contributed by atoms with E-state index in [-0.39, 0.29) is 11.8 Å². The molecule has 3 N–H and O–H groups in total. The number of aldehydes is 1. The van der Waals surface area contributed by atoms with E-state index in [4.69, 9.17) is 5.73 Å². The first kappa shape index (κ1) is 15.9. The third-order valence-corrected chi connectivity index (χ3v) is 2.97. The molecule has 0 fully saturated rings. The third-order valence-electron chi connectivity index (χ3n) is 2.97. The summed E-state index contributed by atoms with van der Waals surface area (Å²) in [6.45, 7) is 1.74. The Balaban J connectivity index is 2.56. The molecular formula is C15H20N2O3. The van der Waals surface area contributed by atoms with Crippen LogP contribution in [-0.2, 0) is 27.2 Å². The molecule has 0 bridgehead atoms. The van der Waals surface area contributed by atoms with Crippen molar-refractivity contribution in [1.82, 2.24) is 5.32 Å². The van der Waals surface area contributed by atoms with Gasteiger partial charge in [-0.15, -0.1) is 0 Å². The minimum Gasteiger partial charge on any atom is -0.370 e. The maximum absolute atomic E-state index is 11.3. The Bertz CT molecular complexity index is 469. The SMILES string of the molecule is CCC(=O)NC(C=O)Cc1ccc(CCC(N)=O)cc1. The van der Waals surface area contributed by atoms with Gasteiger partial charge in [0.2, 0.25) is 11.8 Å². The Morgan fingerprint density at radius 1 is 1.25 bits per heavy atom. The van der Waals surface area contributed by atoms with Crippen molar-refractivity contribution in [2.75, 3.05) is 0 Å². The van der Waals surface area contributed by atoms with Crippen LogP contribution in [0.25, 0.3) is 0 Å². The Morgan fingerprint density at radius 2 is 1.85 bits per heavy atom. The molecular weight excluding hydrogens is 256 g/mol. The Morgan fingerprint density at radius 3 is 2.35 bits per heavy atom. The van der Waals surface area contributed by atoms with E-state index in [1.165, 1.54) is 0 Å². The van der Waals surface area contributed by atoms with Crippen molar-refractivity contribution >= 4 is 18.1 Å². The van der Waals surface area contributed by atoms with E-state index in [1.54, 1.807) is 6.92 Å². The van der Waals surface area contributed by atoms with E-state index in [0.29, 0.717) is 25.7 Å². The highest BCUT2D eigenvalue weighted by molar-refractivity contribution is 5.79. The van der Waals surface area contributed by atoms with Gasteiger partial charge in [0.15, 0.2) is 0 Å². The molecule has 20 heavy (non-hydrogen) atoms. The number of carbonyl (C=O) groups excluding carboxylic acids is 3. The number of benzene rings is 1. The van der Waals surface area contributed by atoms with Gasteiger partial charge in [-0.05, 0) is 24.0 Å². The predicted octanol–water partition coefficient (Wildman–Crippen LogP) is 0.741. The van der Waals surface area contributed by atoms with Crippen LogP contribution >= 0.6 is 0 Å². The first-order valence-electron chi connectivity index (χ1n) is 6.66. The van der Waals surface area contributed by atoms with Crippen LogP contribution < -0.4 is 11.1 Å². The average Bonchev–Trinajstić information content (AvgIpc) is 2.45. The quantitative estimate of drug-likeness (QED) is 0.686. The fourth-order valence-corrected chi connectivity index (χ4v) is 1.81. The molecule has 1 aromatic rings. The third kappa shape index (κ3) is 5.65. The summed E-state index contributed by atoms with van der Waals surface area (Å²) in [7, 11) is 0. The van der Waals surface area contributed by atoms with Crippen LogP contribution in [0.15, 0.2) is 24.3 Å². The van der Waals surface area contributed by atoms with Gasteiger partial charge in [0.25, 0.3) is 0 Å². The van der Waals surface area contributed by atoms with Crippen molar-refractivity contribution in [2.45, 2.75) is 38.6 Å². The second-order valence-electron chi connectivity index (χ2n) is 4.65. The molecule has 0 aliphatic carbocycles. The zero-order chi connectivity index (χ0) is 15.0. The first-order chi connectivity index (χ1) is 9.55. The number of primary amides is 1. The number of nitrogens with two attached hydrogens (primary N) is 1. The van der Waals surface area contributed by atoms with E-state index in [0.717, 1.165) is 17.4 Å². The summed E-state index contributed by atoms with van der Waals surface area (Å²) in [5.74, 6) is -0.461. The minimum absolute atomic E-state index is 0.139. The lowest BCUT2D eigenvalue weighted by Gasteiger charge is -2.12. The molecule has 0 saturated heterocycles. The second-order valence-corrected chi connectivity index (χ2v) is 4.65. The molecule has 0 spiro atoms. The van der Waals surface area contributed by atoms with Crippen LogP contribution in [0, 0.1) is 0 Å². The normalized spacial score (nSPS) is 11.7.